The molecule has 0 aromatic heterocycles. The molecule has 0 fully saturated rings. The van der Waals surface area contributed by atoms with Gasteiger partial charge in [0.15, 0.2) is 0 Å². The number of rotatable bonds is 1. The first-order valence-corrected chi connectivity index (χ1v) is 5.84. The number of hydrogen-bond donors (Lipinski definition) is 1. The summed E-state index contributed by atoms with van der Waals surface area (Å²) in [7, 11) is 4.10. The molecule has 2 aromatic rings. The standard InChI is InChI=1S/C15H16N2/c1-17(2)10-7-8-12-11-5-3-4-6-13(11)15(16)14(12)9-10/h3-9,15H,16H2,1-2H3. The van der Waals surface area contributed by atoms with Crippen LogP contribution < -0.4 is 10.6 Å². The van der Waals surface area contributed by atoms with Gasteiger partial charge in [-0.3, -0.25) is 0 Å². The smallest absolute Gasteiger partial charge is 0.0564 e. The van der Waals surface area contributed by atoms with E-state index in [1.165, 1.54) is 27.9 Å². The predicted molar refractivity (Wildman–Crippen MR) is 72.2 cm³/mol. The fraction of sp³-hybridized carbons (Fsp3) is 0.200. The maximum Gasteiger partial charge on any atom is 0.0564 e. The molecule has 0 heterocycles. The summed E-state index contributed by atoms with van der Waals surface area (Å²) in [5.41, 5.74) is 12.5. The molecule has 0 spiro atoms. The highest BCUT2D eigenvalue weighted by atomic mass is 15.1. The van der Waals surface area contributed by atoms with Crippen molar-refractivity contribution in [2.75, 3.05) is 19.0 Å². The molecule has 0 bridgehead atoms. The van der Waals surface area contributed by atoms with Gasteiger partial charge in [0.2, 0.25) is 0 Å². The Balaban J connectivity index is 2.20. The number of hydrogen-bond acceptors (Lipinski definition) is 2. The number of nitrogens with zero attached hydrogens (tertiary/aromatic N) is 1. The van der Waals surface area contributed by atoms with E-state index in [4.69, 9.17) is 5.73 Å². The molecule has 0 amide bonds. The average Bonchev–Trinajstić information content (AvgIpc) is 2.64. The molecule has 1 unspecified atom stereocenters. The van der Waals surface area contributed by atoms with Crippen LogP contribution in [0.3, 0.4) is 0 Å². The van der Waals surface area contributed by atoms with E-state index in [9.17, 15) is 0 Å². The summed E-state index contributed by atoms with van der Waals surface area (Å²) in [5, 5.41) is 0. The first-order chi connectivity index (χ1) is 8.18. The van der Waals surface area contributed by atoms with Crippen LogP contribution in [0.2, 0.25) is 0 Å². The molecule has 0 radical (unpaired) electrons. The molecule has 1 aliphatic rings. The molecule has 2 nitrogen and oxygen atoms in total. The van der Waals surface area contributed by atoms with Gasteiger partial charge in [0.05, 0.1) is 6.04 Å². The van der Waals surface area contributed by atoms with Crippen molar-refractivity contribution in [1.82, 2.24) is 0 Å². The van der Waals surface area contributed by atoms with Crippen molar-refractivity contribution in [2.24, 2.45) is 5.73 Å². The van der Waals surface area contributed by atoms with Gasteiger partial charge in [-0.15, -0.1) is 0 Å². The van der Waals surface area contributed by atoms with E-state index in [-0.39, 0.29) is 6.04 Å². The van der Waals surface area contributed by atoms with Gasteiger partial charge < -0.3 is 10.6 Å². The summed E-state index contributed by atoms with van der Waals surface area (Å²) in [5.74, 6) is 0. The normalized spacial score (nSPS) is 16.5. The van der Waals surface area contributed by atoms with E-state index in [2.05, 4.69) is 61.5 Å². The molecule has 2 N–H and O–H groups in total. The molecule has 0 saturated carbocycles. The lowest BCUT2D eigenvalue weighted by Crippen LogP contribution is -2.11. The van der Waals surface area contributed by atoms with Gasteiger partial charge in [0, 0.05) is 19.8 Å². The van der Waals surface area contributed by atoms with Gasteiger partial charge in [0.25, 0.3) is 0 Å². The van der Waals surface area contributed by atoms with Crippen molar-refractivity contribution >= 4 is 5.69 Å². The van der Waals surface area contributed by atoms with Crippen LogP contribution >= 0.6 is 0 Å². The van der Waals surface area contributed by atoms with Gasteiger partial charge in [-0.05, 0) is 34.4 Å². The quantitative estimate of drug-likeness (QED) is 0.807. The van der Waals surface area contributed by atoms with Crippen LogP contribution in [0.5, 0.6) is 0 Å². The molecule has 86 valence electrons. The second-order valence-corrected chi connectivity index (χ2v) is 4.73. The number of anilines is 1. The fourth-order valence-electron chi connectivity index (χ4n) is 2.51. The van der Waals surface area contributed by atoms with E-state index < -0.39 is 0 Å². The predicted octanol–water partition coefficient (Wildman–Crippen LogP) is 2.78. The Morgan fingerprint density at radius 1 is 0.941 bits per heavy atom. The Kier molecular flexibility index (Phi) is 2.20. The lowest BCUT2D eigenvalue weighted by molar-refractivity contribution is 0.899. The van der Waals surface area contributed by atoms with Crippen molar-refractivity contribution in [1.29, 1.82) is 0 Å². The van der Waals surface area contributed by atoms with Gasteiger partial charge in [-0.1, -0.05) is 30.3 Å². The van der Waals surface area contributed by atoms with Crippen LogP contribution in [-0.4, -0.2) is 14.1 Å². The summed E-state index contributed by atoms with van der Waals surface area (Å²) in [6.07, 6.45) is 0. The van der Waals surface area contributed by atoms with Crippen molar-refractivity contribution in [3.8, 4) is 11.1 Å². The van der Waals surface area contributed by atoms with Crippen molar-refractivity contribution in [3.63, 3.8) is 0 Å². The molecular weight excluding hydrogens is 208 g/mol. The molecule has 0 saturated heterocycles. The topological polar surface area (TPSA) is 29.3 Å². The maximum absolute atomic E-state index is 6.31. The summed E-state index contributed by atoms with van der Waals surface area (Å²) in [6, 6.07) is 14.9. The summed E-state index contributed by atoms with van der Waals surface area (Å²) >= 11 is 0. The largest absolute Gasteiger partial charge is 0.378 e. The van der Waals surface area contributed by atoms with Gasteiger partial charge in [-0.2, -0.15) is 0 Å². The first kappa shape index (κ1) is 10.4. The summed E-state index contributed by atoms with van der Waals surface area (Å²) < 4.78 is 0. The maximum atomic E-state index is 6.31. The van der Waals surface area contributed by atoms with Crippen molar-refractivity contribution < 1.29 is 0 Å². The lowest BCUT2D eigenvalue weighted by atomic mass is 10.1. The molecule has 1 atom stereocenters. The van der Waals surface area contributed by atoms with Crippen LogP contribution in [0.15, 0.2) is 42.5 Å². The Hall–Kier alpha value is -1.80. The van der Waals surface area contributed by atoms with Crippen molar-refractivity contribution in [2.45, 2.75) is 6.04 Å². The minimum absolute atomic E-state index is 0.0149. The third-order valence-corrected chi connectivity index (χ3v) is 3.47. The summed E-state index contributed by atoms with van der Waals surface area (Å²) in [6.45, 7) is 0. The minimum Gasteiger partial charge on any atom is -0.378 e. The molecule has 2 aromatic carbocycles. The third-order valence-electron chi connectivity index (χ3n) is 3.47. The minimum atomic E-state index is 0.0149. The van der Waals surface area contributed by atoms with E-state index >= 15 is 0 Å². The third kappa shape index (κ3) is 1.45. The first-order valence-electron chi connectivity index (χ1n) is 5.84. The lowest BCUT2D eigenvalue weighted by Gasteiger charge is -2.15. The zero-order valence-electron chi connectivity index (χ0n) is 10.1. The monoisotopic (exact) mass is 224 g/mol. The van der Waals surface area contributed by atoms with Crippen LogP contribution in [0.25, 0.3) is 11.1 Å². The highest BCUT2D eigenvalue weighted by molar-refractivity contribution is 5.80. The van der Waals surface area contributed by atoms with E-state index in [1.54, 1.807) is 0 Å². The van der Waals surface area contributed by atoms with Crippen LogP contribution in [0.1, 0.15) is 17.2 Å². The molecule has 2 heteroatoms. The molecule has 0 aliphatic heterocycles. The van der Waals surface area contributed by atoms with Crippen molar-refractivity contribution in [3.05, 3.63) is 53.6 Å². The Morgan fingerprint density at radius 3 is 2.41 bits per heavy atom. The number of benzene rings is 2. The highest BCUT2D eigenvalue weighted by Gasteiger charge is 2.25. The Labute approximate surface area is 102 Å². The van der Waals surface area contributed by atoms with E-state index in [1.807, 2.05) is 0 Å². The second kappa shape index (κ2) is 3.60. The van der Waals surface area contributed by atoms with Crippen LogP contribution in [0.4, 0.5) is 5.69 Å². The Bertz CT molecular complexity index is 573. The highest BCUT2D eigenvalue weighted by Crippen LogP contribution is 2.43. The Morgan fingerprint density at radius 2 is 1.65 bits per heavy atom. The van der Waals surface area contributed by atoms with Gasteiger partial charge in [0.1, 0.15) is 0 Å². The zero-order valence-corrected chi connectivity index (χ0v) is 10.1. The molecule has 3 rings (SSSR count). The molecule has 17 heavy (non-hydrogen) atoms. The molecular formula is C15H16N2. The van der Waals surface area contributed by atoms with Gasteiger partial charge in [-0.25, -0.2) is 0 Å². The second-order valence-electron chi connectivity index (χ2n) is 4.73. The fourth-order valence-corrected chi connectivity index (χ4v) is 2.51. The SMILES string of the molecule is CN(C)c1ccc2c(c1)C(N)c1ccccc1-2. The summed E-state index contributed by atoms with van der Waals surface area (Å²) in [4.78, 5) is 2.11. The van der Waals surface area contributed by atoms with E-state index in [0.717, 1.165) is 0 Å². The molecule has 1 aliphatic carbocycles. The van der Waals surface area contributed by atoms with E-state index in [0.29, 0.717) is 0 Å². The number of fused-ring (bicyclic) bond motifs is 3. The average molecular weight is 224 g/mol. The van der Waals surface area contributed by atoms with Crippen LogP contribution in [0, 0.1) is 0 Å². The number of nitrogens with two attached hydrogens (primary N) is 1. The zero-order chi connectivity index (χ0) is 12.0. The van der Waals surface area contributed by atoms with Gasteiger partial charge >= 0.3 is 0 Å². The van der Waals surface area contributed by atoms with Crippen LogP contribution in [-0.2, 0) is 0 Å².